The Morgan fingerprint density at radius 1 is 1.17 bits per heavy atom. The number of anilines is 1. The summed E-state index contributed by atoms with van der Waals surface area (Å²) in [6, 6.07) is 14.2. The normalized spacial score (nSPS) is 12.0. The van der Waals surface area contributed by atoms with Gasteiger partial charge in [-0.1, -0.05) is 24.3 Å². The third-order valence-corrected chi connectivity index (χ3v) is 5.89. The number of nitrogens with one attached hydrogen (secondary N) is 2. The highest BCUT2D eigenvalue weighted by molar-refractivity contribution is 9.10. The third-order valence-electron chi connectivity index (χ3n) is 4.56. The minimum atomic E-state index is -0.660. The molecule has 1 atom stereocenters. The molecule has 2 aromatic carbocycles. The number of rotatable bonds is 8. The maximum atomic E-state index is 13.0. The van der Waals surface area contributed by atoms with Gasteiger partial charge in [-0.05, 0) is 65.5 Å². The van der Waals surface area contributed by atoms with Gasteiger partial charge in [0.25, 0.3) is 5.91 Å². The summed E-state index contributed by atoms with van der Waals surface area (Å²) in [7, 11) is 0. The molecule has 0 radical (unpaired) electrons. The summed E-state index contributed by atoms with van der Waals surface area (Å²) >= 11 is 5.02. The summed E-state index contributed by atoms with van der Waals surface area (Å²) < 4.78 is 2.64. The molecule has 6 nitrogen and oxygen atoms in total. The van der Waals surface area contributed by atoms with Crippen molar-refractivity contribution >= 4 is 56.5 Å². The molecule has 0 saturated carbocycles. The van der Waals surface area contributed by atoms with Crippen molar-refractivity contribution in [2.75, 3.05) is 17.3 Å². The first kappa shape index (κ1) is 21.4. The molecule has 29 heavy (non-hydrogen) atoms. The first-order valence-electron chi connectivity index (χ1n) is 9.35. The van der Waals surface area contributed by atoms with Crippen LogP contribution in [0.1, 0.15) is 23.7 Å². The Hall–Kier alpha value is -2.32. The molecule has 8 heteroatoms. The van der Waals surface area contributed by atoms with Gasteiger partial charge in [0.2, 0.25) is 11.9 Å². The number of imidazole rings is 1. The van der Waals surface area contributed by atoms with Gasteiger partial charge in [-0.15, -0.1) is 0 Å². The van der Waals surface area contributed by atoms with E-state index in [2.05, 4.69) is 31.5 Å². The lowest BCUT2D eigenvalue weighted by atomic mass is 10.1. The average Bonchev–Trinajstić information content (AvgIpc) is 3.08. The van der Waals surface area contributed by atoms with Gasteiger partial charge < -0.3 is 9.88 Å². The molecule has 0 aliphatic carbocycles. The summed E-state index contributed by atoms with van der Waals surface area (Å²) in [6.45, 7) is 2.68. The summed E-state index contributed by atoms with van der Waals surface area (Å²) in [5, 5.41) is 5.78. The van der Waals surface area contributed by atoms with Crippen LogP contribution in [0, 0.1) is 0 Å². The number of hydrogen-bond acceptors (Lipinski definition) is 4. The van der Waals surface area contributed by atoms with Crippen LogP contribution in [0.2, 0.25) is 0 Å². The number of aromatic nitrogens is 2. The van der Waals surface area contributed by atoms with Gasteiger partial charge >= 0.3 is 0 Å². The molecule has 0 saturated heterocycles. The Bertz CT molecular complexity index is 1020. The first-order chi connectivity index (χ1) is 14.0. The van der Waals surface area contributed by atoms with E-state index in [1.54, 1.807) is 30.0 Å². The second-order valence-corrected chi connectivity index (χ2v) is 8.28. The highest BCUT2D eigenvalue weighted by Gasteiger charge is 2.24. The lowest BCUT2D eigenvalue weighted by Gasteiger charge is -2.18. The van der Waals surface area contributed by atoms with Crippen LogP contribution in [0.15, 0.2) is 53.0 Å². The number of carbonyl (C=O) groups excluding carboxylic acids is 2. The molecule has 0 fully saturated rings. The molecule has 0 aliphatic heterocycles. The first-order valence-corrected chi connectivity index (χ1v) is 11.5. The number of para-hydroxylation sites is 2. The van der Waals surface area contributed by atoms with Gasteiger partial charge in [0.15, 0.2) is 0 Å². The maximum absolute atomic E-state index is 13.0. The van der Waals surface area contributed by atoms with E-state index in [0.717, 1.165) is 16.8 Å². The lowest BCUT2D eigenvalue weighted by Crippen LogP contribution is -2.44. The Balaban J connectivity index is 1.81. The van der Waals surface area contributed by atoms with Crippen molar-refractivity contribution in [3.63, 3.8) is 0 Å². The summed E-state index contributed by atoms with van der Waals surface area (Å²) in [6.07, 6.45) is 2.50. The molecule has 152 valence electrons. The second-order valence-electron chi connectivity index (χ2n) is 6.45. The Labute approximate surface area is 182 Å². The third kappa shape index (κ3) is 5.00. The van der Waals surface area contributed by atoms with Gasteiger partial charge in [0.05, 0.1) is 16.6 Å². The smallest absolute Gasteiger partial charge is 0.253 e. The van der Waals surface area contributed by atoms with E-state index in [0.29, 0.717) is 29.0 Å². The van der Waals surface area contributed by atoms with E-state index in [1.807, 2.05) is 48.1 Å². The minimum Gasteiger partial charge on any atom is -0.340 e. The molecular formula is C21H23BrN4O2S. The molecule has 0 bridgehead atoms. The minimum absolute atomic E-state index is 0.274. The van der Waals surface area contributed by atoms with Gasteiger partial charge in [0, 0.05) is 11.0 Å². The van der Waals surface area contributed by atoms with Gasteiger partial charge in [0.1, 0.15) is 6.04 Å². The number of halogens is 1. The molecule has 2 amide bonds. The SMILES string of the molecule is CCn1c(NC(=O)[C@H](CCSC)NC(=O)c2ccccc2Br)nc2ccccc21. The van der Waals surface area contributed by atoms with E-state index in [9.17, 15) is 9.59 Å². The predicted octanol–water partition coefficient (Wildman–Crippen LogP) is 4.31. The van der Waals surface area contributed by atoms with Crippen LogP contribution in [0.4, 0.5) is 5.95 Å². The number of aryl methyl sites for hydroxylation is 1. The molecule has 1 aromatic heterocycles. The average molecular weight is 475 g/mol. The number of carbonyl (C=O) groups is 2. The lowest BCUT2D eigenvalue weighted by molar-refractivity contribution is -0.118. The van der Waals surface area contributed by atoms with Crippen molar-refractivity contribution in [1.82, 2.24) is 14.9 Å². The monoisotopic (exact) mass is 474 g/mol. The molecule has 0 aliphatic rings. The number of benzene rings is 2. The van der Waals surface area contributed by atoms with Gasteiger partial charge in [-0.25, -0.2) is 4.98 Å². The van der Waals surface area contributed by atoms with Crippen LogP contribution >= 0.6 is 27.7 Å². The highest BCUT2D eigenvalue weighted by Crippen LogP contribution is 2.20. The zero-order valence-corrected chi connectivity index (χ0v) is 18.7. The molecule has 1 heterocycles. The van der Waals surface area contributed by atoms with Crippen molar-refractivity contribution in [3.8, 4) is 0 Å². The van der Waals surface area contributed by atoms with E-state index < -0.39 is 6.04 Å². The second kappa shape index (κ2) is 9.93. The van der Waals surface area contributed by atoms with Crippen LogP contribution in [0.3, 0.4) is 0 Å². The largest absolute Gasteiger partial charge is 0.340 e. The zero-order chi connectivity index (χ0) is 20.8. The summed E-state index contributed by atoms with van der Waals surface area (Å²) in [5.74, 6) is 0.675. The van der Waals surface area contributed by atoms with Gasteiger partial charge in [-0.2, -0.15) is 11.8 Å². The standard InChI is InChI=1S/C21H23BrN4O2S/c1-3-26-18-11-7-6-10-16(18)24-21(26)25-20(28)17(12-13-29-2)23-19(27)14-8-4-5-9-15(14)22/h4-11,17H,3,12-13H2,1-2H3,(H,23,27)(H,24,25,28)/t17-/m0/s1. The number of nitrogens with zero attached hydrogens (tertiary/aromatic N) is 2. The van der Waals surface area contributed by atoms with Crippen molar-refractivity contribution in [2.45, 2.75) is 25.9 Å². The molecule has 3 aromatic rings. The Morgan fingerprint density at radius 2 is 1.90 bits per heavy atom. The molecule has 0 unspecified atom stereocenters. The fourth-order valence-electron chi connectivity index (χ4n) is 3.07. The van der Waals surface area contributed by atoms with Gasteiger partial charge in [-0.3, -0.25) is 14.9 Å². The summed E-state index contributed by atoms with van der Waals surface area (Å²) in [5.41, 5.74) is 2.28. The summed E-state index contributed by atoms with van der Waals surface area (Å²) in [4.78, 5) is 30.3. The Kier molecular flexibility index (Phi) is 7.33. The number of thioether (sulfide) groups is 1. The number of hydrogen-bond donors (Lipinski definition) is 2. The molecular weight excluding hydrogens is 452 g/mol. The van der Waals surface area contributed by atoms with Crippen molar-refractivity contribution in [2.24, 2.45) is 0 Å². The van der Waals surface area contributed by atoms with E-state index in [-0.39, 0.29) is 11.8 Å². The van der Waals surface area contributed by atoms with Crippen molar-refractivity contribution in [3.05, 3.63) is 58.6 Å². The molecule has 0 spiro atoms. The number of fused-ring (bicyclic) bond motifs is 1. The van der Waals surface area contributed by atoms with E-state index >= 15 is 0 Å². The highest BCUT2D eigenvalue weighted by atomic mass is 79.9. The fourth-order valence-corrected chi connectivity index (χ4v) is 4.01. The Morgan fingerprint density at radius 3 is 2.62 bits per heavy atom. The van der Waals surface area contributed by atoms with Crippen molar-refractivity contribution < 1.29 is 9.59 Å². The maximum Gasteiger partial charge on any atom is 0.253 e. The van der Waals surface area contributed by atoms with Crippen LogP contribution < -0.4 is 10.6 Å². The molecule has 2 N–H and O–H groups in total. The van der Waals surface area contributed by atoms with Crippen LogP contribution in [0.5, 0.6) is 0 Å². The van der Waals surface area contributed by atoms with E-state index in [1.165, 1.54) is 0 Å². The van der Waals surface area contributed by atoms with Crippen molar-refractivity contribution in [1.29, 1.82) is 0 Å². The quantitative estimate of drug-likeness (QED) is 0.509. The molecule has 3 rings (SSSR count). The predicted molar refractivity (Wildman–Crippen MR) is 122 cm³/mol. The van der Waals surface area contributed by atoms with Crippen LogP contribution in [-0.4, -0.2) is 39.4 Å². The van der Waals surface area contributed by atoms with E-state index in [4.69, 9.17) is 0 Å². The van der Waals surface area contributed by atoms with Crippen LogP contribution in [-0.2, 0) is 11.3 Å². The zero-order valence-electron chi connectivity index (χ0n) is 16.3. The number of amides is 2. The topological polar surface area (TPSA) is 76.0 Å². The fraction of sp³-hybridized carbons (Fsp3) is 0.286. The van der Waals surface area contributed by atoms with Crippen LogP contribution in [0.25, 0.3) is 11.0 Å².